The third-order valence-corrected chi connectivity index (χ3v) is 4.23. The molecule has 1 saturated heterocycles. The number of hydrogen-bond acceptors (Lipinski definition) is 4. The number of aryl methyl sites for hydroxylation is 1. The summed E-state index contributed by atoms with van der Waals surface area (Å²) in [4.78, 5) is 13.1. The van der Waals surface area contributed by atoms with Crippen molar-refractivity contribution in [1.29, 1.82) is 0 Å². The molecular weight excluding hydrogens is 264 g/mol. The van der Waals surface area contributed by atoms with Gasteiger partial charge < -0.3 is 14.2 Å². The van der Waals surface area contributed by atoms with Crippen LogP contribution in [0.3, 0.4) is 0 Å². The number of rotatable bonds is 1. The Hall–Kier alpha value is -2.14. The van der Waals surface area contributed by atoms with Crippen molar-refractivity contribution in [2.75, 3.05) is 38.1 Å². The molecule has 0 bridgehead atoms. The van der Waals surface area contributed by atoms with Crippen LogP contribution in [0.5, 0.6) is 0 Å². The predicted octanol–water partition coefficient (Wildman–Crippen LogP) is 1.02. The van der Waals surface area contributed by atoms with Crippen LogP contribution >= 0.6 is 0 Å². The Morgan fingerprint density at radius 1 is 1.14 bits per heavy atom. The average molecular weight is 283 g/mol. The Morgan fingerprint density at radius 2 is 1.90 bits per heavy atom. The summed E-state index contributed by atoms with van der Waals surface area (Å²) in [7, 11) is 2.24. The minimum Gasteiger partial charge on any atom is -0.450 e. The highest BCUT2D eigenvalue weighted by Gasteiger charge is 2.23. The Kier molecular flexibility index (Phi) is 2.82. The monoisotopic (exact) mass is 283 g/mol. The number of fused-ring (bicyclic) bond motifs is 3. The molecule has 1 aliphatic heterocycles. The first-order chi connectivity index (χ1) is 10.2. The smallest absolute Gasteiger partial charge is 0.196 e. The van der Waals surface area contributed by atoms with E-state index in [9.17, 15) is 0 Å². The molecule has 0 amide bonds. The average Bonchev–Trinajstić information content (AvgIpc) is 2.86. The molecule has 108 valence electrons. The minimum absolute atomic E-state index is 0.801. The molecule has 0 aliphatic carbocycles. The number of nitrogens with zero attached hydrogens (tertiary/aromatic N) is 3. The van der Waals surface area contributed by atoms with Crippen LogP contribution in [0.2, 0.25) is 0 Å². The molecule has 5 nitrogen and oxygen atoms in total. The van der Waals surface area contributed by atoms with E-state index in [0.29, 0.717) is 0 Å². The van der Waals surface area contributed by atoms with Crippen molar-refractivity contribution < 1.29 is 9.32 Å². The highest BCUT2D eigenvalue weighted by atomic mass is 16.3. The number of nitrogens with one attached hydrogen (secondary N) is 1. The third-order valence-electron chi connectivity index (χ3n) is 4.23. The second-order valence-corrected chi connectivity index (χ2v) is 5.81. The number of aromatic nitrogens is 2. The lowest BCUT2D eigenvalue weighted by molar-refractivity contribution is -0.880. The fraction of sp³-hybridized carbons (Fsp3) is 0.375. The van der Waals surface area contributed by atoms with E-state index in [0.717, 1.165) is 59.9 Å². The Bertz CT molecular complexity index is 802. The number of quaternary nitrogens is 1. The van der Waals surface area contributed by atoms with Gasteiger partial charge in [-0.3, -0.25) is 0 Å². The van der Waals surface area contributed by atoms with Crippen molar-refractivity contribution in [2.24, 2.45) is 0 Å². The highest BCUT2D eigenvalue weighted by Crippen LogP contribution is 2.32. The lowest BCUT2D eigenvalue weighted by Gasteiger charge is -2.30. The zero-order valence-corrected chi connectivity index (χ0v) is 12.4. The van der Waals surface area contributed by atoms with E-state index in [2.05, 4.69) is 28.0 Å². The van der Waals surface area contributed by atoms with Crippen molar-refractivity contribution >= 4 is 27.9 Å². The van der Waals surface area contributed by atoms with Crippen LogP contribution in [0, 0.1) is 6.92 Å². The molecule has 21 heavy (non-hydrogen) atoms. The number of hydrogen-bond donors (Lipinski definition) is 1. The molecule has 2 aromatic heterocycles. The molecule has 0 unspecified atom stereocenters. The van der Waals surface area contributed by atoms with E-state index < -0.39 is 0 Å². The first kappa shape index (κ1) is 12.6. The molecule has 0 spiro atoms. The van der Waals surface area contributed by atoms with Crippen LogP contribution in [0.25, 0.3) is 22.1 Å². The van der Waals surface area contributed by atoms with Crippen LogP contribution in [-0.2, 0) is 0 Å². The summed E-state index contributed by atoms with van der Waals surface area (Å²) >= 11 is 0. The SMILES string of the molecule is Cc1nc(N2CC[NH+](C)CC2)c2oc3ccccc3c2n1. The highest BCUT2D eigenvalue weighted by molar-refractivity contribution is 6.05. The molecule has 3 aromatic rings. The lowest BCUT2D eigenvalue weighted by atomic mass is 10.2. The maximum atomic E-state index is 6.05. The van der Waals surface area contributed by atoms with Gasteiger partial charge in [-0.15, -0.1) is 0 Å². The molecule has 1 fully saturated rings. The molecular formula is C16H19N4O+. The van der Waals surface area contributed by atoms with E-state index in [1.807, 2.05) is 25.1 Å². The van der Waals surface area contributed by atoms with Gasteiger partial charge in [0.25, 0.3) is 0 Å². The van der Waals surface area contributed by atoms with Crippen molar-refractivity contribution in [3.05, 3.63) is 30.1 Å². The van der Waals surface area contributed by atoms with Crippen LogP contribution in [0.15, 0.2) is 28.7 Å². The molecule has 5 heteroatoms. The first-order valence-corrected chi connectivity index (χ1v) is 7.44. The van der Waals surface area contributed by atoms with Gasteiger partial charge in [0.05, 0.1) is 33.2 Å². The second-order valence-electron chi connectivity index (χ2n) is 5.81. The normalized spacial score (nSPS) is 17.0. The summed E-state index contributed by atoms with van der Waals surface area (Å²) in [5.74, 6) is 1.75. The van der Waals surface area contributed by atoms with Gasteiger partial charge in [0, 0.05) is 5.39 Å². The van der Waals surface area contributed by atoms with E-state index in [1.165, 1.54) is 0 Å². The molecule has 1 aliphatic rings. The van der Waals surface area contributed by atoms with Gasteiger partial charge in [0.15, 0.2) is 11.4 Å². The summed E-state index contributed by atoms with van der Waals surface area (Å²) < 4.78 is 6.05. The van der Waals surface area contributed by atoms with Crippen molar-refractivity contribution in [1.82, 2.24) is 9.97 Å². The van der Waals surface area contributed by atoms with Gasteiger partial charge in [-0.05, 0) is 19.1 Å². The molecule has 4 rings (SSSR count). The van der Waals surface area contributed by atoms with Crippen molar-refractivity contribution in [3.63, 3.8) is 0 Å². The molecule has 0 atom stereocenters. The van der Waals surface area contributed by atoms with Crippen LogP contribution in [-0.4, -0.2) is 43.2 Å². The Balaban J connectivity index is 1.91. The largest absolute Gasteiger partial charge is 0.450 e. The predicted molar refractivity (Wildman–Crippen MR) is 82.9 cm³/mol. The van der Waals surface area contributed by atoms with Crippen molar-refractivity contribution in [2.45, 2.75) is 6.92 Å². The standard InChI is InChI=1S/C16H18N4O/c1-11-17-14-12-5-3-4-6-13(12)21-15(14)16(18-11)20-9-7-19(2)8-10-20/h3-6H,7-10H2,1-2H3/p+1. The Morgan fingerprint density at radius 3 is 2.71 bits per heavy atom. The molecule has 0 saturated carbocycles. The van der Waals surface area contributed by atoms with E-state index in [4.69, 9.17) is 4.42 Å². The van der Waals surface area contributed by atoms with Gasteiger partial charge in [0.1, 0.15) is 16.9 Å². The van der Waals surface area contributed by atoms with E-state index >= 15 is 0 Å². The number of para-hydroxylation sites is 1. The Labute approximate surface area is 123 Å². The minimum atomic E-state index is 0.801. The number of likely N-dealkylation sites (N-methyl/N-ethyl adjacent to an activating group) is 1. The second kappa shape index (κ2) is 4.70. The zero-order valence-electron chi connectivity index (χ0n) is 12.4. The van der Waals surface area contributed by atoms with Gasteiger partial charge in [-0.1, -0.05) is 12.1 Å². The lowest BCUT2D eigenvalue weighted by Crippen LogP contribution is -3.12. The zero-order chi connectivity index (χ0) is 14.4. The topological polar surface area (TPSA) is 46.6 Å². The quantitative estimate of drug-likeness (QED) is 0.724. The third kappa shape index (κ3) is 2.05. The van der Waals surface area contributed by atoms with Crippen molar-refractivity contribution in [3.8, 4) is 0 Å². The van der Waals surface area contributed by atoms with Gasteiger partial charge in [-0.25, -0.2) is 9.97 Å². The summed E-state index contributed by atoms with van der Waals surface area (Å²) in [6.07, 6.45) is 0. The summed E-state index contributed by atoms with van der Waals surface area (Å²) in [5.41, 5.74) is 2.63. The summed E-state index contributed by atoms with van der Waals surface area (Å²) in [6, 6.07) is 8.06. The van der Waals surface area contributed by atoms with Gasteiger partial charge >= 0.3 is 0 Å². The van der Waals surface area contributed by atoms with Gasteiger partial charge in [0.2, 0.25) is 0 Å². The number of piperazine rings is 1. The van der Waals surface area contributed by atoms with Gasteiger partial charge in [-0.2, -0.15) is 0 Å². The molecule has 3 heterocycles. The fourth-order valence-electron chi connectivity index (χ4n) is 3.00. The molecule has 0 radical (unpaired) electrons. The molecule has 1 aromatic carbocycles. The molecule has 1 N–H and O–H groups in total. The van der Waals surface area contributed by atoms with Crippen LogP contribution in [0.4, 0.5) is 5.82 Å². The number of furan rings is 1. The van der Waals surface area contributed by atoms with E-state index in [-0.39, 0.29) is 0 Å². The summed E-state index contributed by atoms with van der Waals surface area (Å²) in [6.45, 7) is 6.23. The fourth-order valence-corrected chi connectivity index (χ4v) is 3.00. The maximum Gasteiger partial charge on any atom is 0.196 e. The number of anilines is 1. The van der Waals surface area contributed by atoms with Crippen LogP contribution < -0.4 is 9.80 Å². The maximum absolute atomic E-state index is 6.05. The van der Waals surface area contributed by atoms with Crippen LogP contribution in [0.1, 0.15) is 5.82 Å². The summed E-state index contributed by atoms with van der Waals surface area (Å²) in [5, 5.41) is 1.07. The number of benzene rings is 1. The van der Waals surface area contributed by atoms with E-state index in [1.54, 1.807) is 4.90 Å². The first-order valence-electron chi connectivity index (χ1n) is 7.44.